The second-order valence-corrected chi connectivity index (χ2v) is 6.90. The van der Waals surface area contributed by atoms with Crippen LogP contribution in [0.4, 0.5) is 8.78 Å². The zero-order valence-electron chi connectivity index (χ0n) is 14.9. The van der Waals surface area contributed by atoms with Crippen molar-refractivity contribution in [3.63, 3.8) is 0 Å². The van der Waals surface area contributed by atoms with Crippen LogP contribution in [0.15, 0.2) is 54.7 Å². The van der Waals surface area contributed by atoms with Gasteiger partial charge in [0.25, 0.3) is 0 Å². The number of pyridine rings is 1. The fraction of sp³-hybridized carbons (Fsp3) is 0.318. The van der Waals surface area contributed by atoms with Crippen LogP contribution in [0.3, 0.4) is 0 Å². The average molecular weight is 369 g/mol. The maximum Gasteiger partial charge on any atom is 0.387 e. The molecule has 0 spiro atoms. The van der Waals surface area contributed by atoms with Crippen LogP contribution in [0.1, 0.15) is 24.0 Å². The zero-order valence-corrected chi connectivity index (χ0v) is 14.9. The molecule has 1 saturated carbocycles. The lowest BCUT2D eigenvalue weighted by Crippen LogP contribution is -2.06. The Morgan fingerprint density at radius 3 is 2.70 bits per heavy atom. The summed E-state index contributed by atoms with van der Waals surface area (Å²) in [5.74, 6) is 1.04. The fourth-order valence-corrected chi connectivity index (χ4v) is 3.17. The Hall–Kier alpha value is -2.69. The number of halogens is 2. The SMILES string of the molecule is FC(F)Oc1ccc(CCc2cccc3ncccc23)cc1OCC1CC1. The third kappa shape index (κ3) is 4.54. The van der Waals surface area contributed by atoms with Crippen molar-refractivity contribution in [2.24, 2.45) is 5.92 Å². The molecule has 5 heteroatoms. The minimum atomic E-state index is -2.86. The highest BCUT2D eigenvalue weighted by atomic mass is 19.3. The summed E-state index contributed by atoms with van der Waals surface area (Å²) in [4.78, 5) is 4.39. The van der Waals surface area contributed by atoms with E-state index in [9.17, 15) is 8.78 Å². The first-order valence-electron chi connectivity index (χ1n) is 9.22. The van der Waals surface area contributed by atoms with Crippen molar-refractivity contribution in [2.45, 2.75) is 32.3 Å². The van der Waals surface area contributed by atoms with Crippen LogP contribution in [-0.2, 0) is 12.8 Å². The maximum atomic E-state index is 12.6. The molecule has 27 heavy (non-hydrogen) atoms. The van der Waals surface area contributed by atoms with Crippen LogP contribution >= 0.6 is 0 Å². The van der Waals surface area contributed by atoms with E-state index in [1.54, 1.807) is 12.3 Å². The molecule has 0 N–H and O–H groups in total. The molecule has 1 aromatic heterocycles. The third-order valence-electron chi connectivity index (χ3n) is 4.81. The van der Waals surface area contributed by atoms with E-state index in [1.165, 1.54) is 5.56 Å². The first kappa shape index (κ1) is 17.7. The Bertz CT molecular complexity index is 920. The molecule has 1 heterocycles. The Labute approximate surface area is 156 Å². The van der Waals surface area contributed by atoms with Crippen molar-refractivity contribution in [1.29, 1.82) is 0 Å². The normalized spacial score (nSPS) is 13.9. The number of rotatable bonds is 8. The number of alkyl halides is 2. The number of nitrogens with zero attached hydrogens (tertiary/aromatic N) is 1. The molecule has 0 unspecified atom stereocenters. The van der Waals surface area contributed by atoms with Gasteiger partial charge in [-0.1, -0.05) is 24.3 Å². The summed E-state index contributed by atoms with van der Waals surface area (Å²) in [5, 5.41) is 1.14. The van der Waals surface area contributed by atoms with Gasteiger partial charge in [0.1, 0.15) is 0 Å². The maximum absolute atomic E-state index is 12.6. The lowest BCUT2D eigenvalue weighted by molar-refractivity contribution is -0.0515. The molecular weight excluding hydrogens is 348 g/mol. The Balaban J connectivity index is 1.51. The molecule has 140 valence electrons. The highest BCUT2D eigenvalue weighted by Crippen LogP contribution is 2.34. The molecule has 0 radical (unpaired) electrons. The summed E-state index contributed by atoms with van der Waals surface area (Å²) in [6, 6.07) is 15.3. The third-order valence-corrected chi connectivity index (χ3v) is 4.81. The molecule has 4 rings (SSSR count). The molecule has 1 fully saturated rings. The summed E-state index contributed by atoms with van der Waals surface area (Å²) in [5.41, 5.74) is 3.22. The average Bonchev–Trinajstić information content (AvgIpc) is 3.50. The predicted molar refractivity (Wildman–Crippen MR) is 100 cm³/mol. The lowest BCUT2D eigenvalue weighted by Gasteiger charge is -2.14. The van der Waals surface area contributed by atoms with E-state index in [0.717, 1.165) is 42.1 Å². The molecule has 0 atom stereocenters. The molecule has 2 aromatic carbocycles. The predicted octanol–water partition coefficient (Wildman–Crippen LogP) is 5.41. The summed E-state index contributed by atoms with van der Waals surface area (Å²) >= 11 is 0. The summed E-state index contributed by atoms with van der Waals surface area (Å²) in [6.45, 7) is -2.31. The number of benzene rings is 2. The number of hydrogen-bond acceptors (Lipinski definition) is 3. The van der Waals surface area contributed by atoms with Crippen molar-refractivity contribution in [3.8, 4) is 11.5 Å². The molecule has 1 aliphatic carbocycles. The van der Waals surface area contributed by atoms with Gasteiger partial charge in [0.05, 0.1) is 12.1 Å². The molecular formula is C22H21F2NO2. The van der Waals surface area contributed by atoms with Gasteiger partial charge in [-0.3, -0.25) is 4.98 Å². The molecule has 3 nitrogen and oxygen atoms in total. The van der Waals surface area contributed by atoms with E-state index >= 15 is 0 Å². The second kappa shape index (κ2) is 7.91. The van der Waals surface area contributed by atoms with Gasteiger partial charge in [-0.25, -0.2) is 0 Å². The van der Waals surface area contributed by atoms with E-state index in [4.69, 9.17) is 4.74 Å². The second-order valence-electron chi connectivity index (χ2n) is 6.90. The van der Waals surface area contributed by atoms with Crippen LogP contribution in [0.2, 0.25) is 0 Å². The highest BCUT2D eigenvalue weighted by Gasteiger charge is 2.23. The van der Waals surface area contributed by atoms with E-state index in [2.05, 4.69) is 21.9 Å². The van der Waals surface area contributed by atoms with Gasteiger partial charge < -0.3 is 9.47 Å². The van der Waals surface area contributed by atoms with Gasteiger partial charge >= 0.3 is 6.61 Å². The number of aryl methyl sites for hydroxylation is 2. The fourth-order valence-electron chi connectivity index (χ4n) is 3.17. The molecule has 0 amide bonds. The summed E-state index contributed by atoms with van der Waals surface area (Å²) in [6.07, 6.45) is 5.68. The Morgan fingerprint density at radius 1 is 1.00 bits per heavy atom. The lowest BCUT2D eigenvalue weighted by atomic mass is 10.0. The topological polar surface area (TPSA) is 31.4 Å². The van der Waals surface area contributed by atoms with E-state index in [0.29, 0.717) is 18.3 Å². The number of aromatic nitrogens is 1. The van der Waals surface area contributed by atoms with Crippen molar-refractivity contribution in [3.05, 3.63) is 65.9 Å². The van der Waals surface area contributed by atoms with Gasteiger partial charge in [0.15, 0.2) is 11.5 Å². The number of hydrogen-bond donors (Lipinski definition) is 0. The van der Waals surface area contributed by atoms with Crippen LogP contribution < -0.4 is 9.47 Å². The number of ether oxygens (including phenoxy) is 2. The van der Waals surface area contributed by atoms with Crippen LogP contribution in [0.25, 0.3) is 10.9 Å². The van der Waals surface area contributed by atoms with Crippen molar-refractivity contribution in [1.82, 2.24) is 4.98 Å². The van der Waals surface area contributed by atoms with Crippen molar-refractivity contribution >= 4 is 10.9 Å². The van der Waals surface area contributed by atoms with Gasteiger partial charge in [-0.05, 0) is 67.0 Å². The largest absolute Gasteiger partial charge is 0.489 e. The van der Waals surface area contributed by atoms with Crippen LogP contribution in [-0.4, -0.2) is 18.2 Å². The van der Waals surface area contributed by atoms with Gasteiger partial charge in [0, 0.05) is 11.6 Å². The first-order valence-corrected chi connectivity index (χ1v) is 9.22. The van der Waals surface area contributed by atoms with E-state index < -0.39 is 6.61 Å². The molecule has 0 saturated heterocycles. The Kier molecular flexibility index (Phi) is 5.19. The van der Waals surface area contributed by atoms with Crippen LogP contribution in [0, 0.1) is 5.92 Å². The summed E-state index contributed by atoms with van der Waals surface area (Å²) in [7, 11) is 0. The Morgan fingerprint density at radius 2 is 1.89 bits per heavy atom. The van der Waals surface area contributed by atoms with E-state index in [-0.39, 0.29) is 5.75 Å². The molecule has 0 aliphatic heterocycles. The first-order chi connectivity index (χ1) is 13.2. The number of fused-ring (bicyclic) bond motifs is 1. The minimum absolute atomic E-state index is 0.101. The highest BCUT2D eigenvalue weighted by molar-refractivity contribution is 5.81. The molecule has 0 bridgehead atoms. The van der Waals surface area contributed by atoms with Crippen molar-refractivity contribution in [2.75, 3.05) is 6.61 Å². The molecule has 3 aromatic rings. The van der Waals surface area contributed by atoms with E-state index in [1.807, 2.05) is 30.3 Å². The van der Waals surface area contributed by atoms with Crippen LogP contribution in [0.5, 0.6) is 11.5 Å². The smallest absolute Gasteiger partial charge is 0.387 e. The van der Waals surface area contributed by atoms with Gasteiger partial charge in [-0.15, -0.1) is 0 Å². The minimum Gasteiger partial charge on any atom is -0.489 e. The quantitative estimate of drug-likeness (QED) is 0.532. The molecule has 1 aliphatic rings. The monoisotopic (exact) mass is 369 g/mol. The zero-order chi connectivity index (χ0) is 18.6. The standard InChI is InChI=1S/C22H21F2NO2/c23-22(24)27-20-11-9-15(13-21(20)26-14-16-6-7-16)8-10-17-3-1-5-19-18(17)4-2-12-25-19/h1-5,9,11-13,16,22H,6-8,10,14H2. The van der Waals surface area contributed by atoms with Crippen molar-refractivity contribution < 1.29 is 18.3 Å². The van der Waals surface area contributed by atoms with Gasteiger partial charge in [0.2, 0.25) is 0 Å². The van der Waals surface area contributed by atoms with Gasteiger partial charge in [-0.2, -0.15) is 8.78 Å². The summed E-state index contributed by atoms with van der Waals surface area (Å²) < 4.78 is 35.7.